The Morgan fingerprint density at radius 2 is 2.03 bits per heavy atom. The Morgan fingerprint density at radius 1 is 1.18 bits per heavy atom. The van der Waals surface area contributed by atoms with Crippen LogP contribution in [0.25, 0.3) is 33.6 Å². The largest absolute Gasteiger partial charge is 0.490 e. The zero-order valence-electron chi connectivity index (χ0n) is 18.9. The second kappa shape index (κ2) is 8.64. The molecule has 0 saturated carbocycles. The predicted molar refractivity (Wildman–Crippen MR) is 125 cm³/mol. The Morgan fingerprint density at radius 3 is 2.79 bits per heavy atom. The number of rotatable bonds is 6. The summed E-state index contributed by atoms with van der Waals surface area (Å²) in [6.45, 7) is 9.29. The van der Waals surface area contributed by atoms with Crippen molar-refractivity contribution in [2.45, 2.75) is 33.4 Å². The van der Waals surface area contributed by atoms with Gasteiger partial charge in [-0.25, -0.2) is 0 Å². The summed E-state index contributed by atoms with van der Waals surface area (Å²) >= 11 is 0. The van der Waals surface area contributed by atoms with Crippen LogP contribution in [0.2, 0.25) is 0 Å². The summed E-state index contributed by atoms with van der Waals surface area (Å²) in [7, 11) is 0. The van der Waals surface area contributed by atoms with E-state index >= 15 is 0 Å². The maximum Gasteiger partial charge on any atom is 0.258 e. The van der Waals surface area contributed by atoms with Crippen molar-refractivity contribution < 1.29 is 9.26 Å². The summed E-state index contributed by atoms with van der Waals surface area (Å²) in [6.07, 6.45) is 3.67. The second-order valence-corrected chi connectivity index (χ2v) is 8.91. The Balaban J connectivity index is 1.48. The van der Waals surface area contributed by atoms with Crippen LogP contribution in [0.1, 0.15) is 31.9 Å². The zero-order chi connectivity index (χ0) is 22.9. The van der Waals surface area contributed by atoms with E-state index in [0.717, 1.165) is 41.9 Å². The number of ether oxygens (including phenoxy) is 1. The fourth-order valence-corrected chi connectivity index (χ4v) is 4.34. The van der Waals surface area contributed by atoms with Crippen molar-refractivity contribution in [1.29, 1.82) is 5.26 Å². The molecule has 7 heteroatoms. The van der Waals surface area contributed by atoms with Crippen molar-refractivity contribution in [3.63, 3.8) is 0 Å². The SMILES string of the molecule is CC1CN(Cc2ccc(-c3noc(-c4ccc(OC(C)C)c(C#N)c4)n3)c3ccncc23)C1. The van der Waals surface area contributed by atoms with Gasteiger partial charge in [0, 0.05) is 48.5 Å². The van der Waals surface area contributed by atoms with Crippen LogP contribution in [0.5, 0.6) is 5.75 Å². The highest BCUT2D eigenvalue weighted by Crippen LogP contribution is 2.32. The van der Waals surface area contributed by atoms with Gasteiger partial charge in [0.25, 0.3) is 5.89 Å². The van der Waals surface area contributed by atoms with E-state index in [1.165, 1.54) is 5.56 Å². The fraction of sp³-hybridized carbons (Fsp3) is 0.308. The number of pyridine rings is 1. The van der Waals surface area contributed by atoms with Crippen molar-refractivity contribution in [3.05, 3.63) is 59.9 Å². The number of aromatic nitrogens is 3. The van der Waals surface area contributed by atoms with E-state index in [1.807, 2.05) is 32.2 Å². The van der Waals surface area contributed by atoms with Crippen molar-refractivity contribution >= 4 is 10.8 Å². The molecule has 1 saturated heterocycles. The van der Waals surface area contributed by atoms with Gasteiger partial charge >= 0.3 is 0 Å². The summed E-state index contributed by atoms with van der Waals surface area (Å²) < 4.78 is 11.3. The Hall–Kier alpha value is -3.76. The third-order valence-electron chi connectivity index (χ3n) is 5.82. The molecule has 0 amide bonds. The summed E-state index contributed by atoms with van der Waals surface area (Å²) in [6, 6.07) is 13.7. The fourth-order valence-electron chi connectivity index (χ4n) is 4.34. The maximum atomic E-state index is 9.52. The van der Waals surface area contributed by atoms with Gasteiger partial charge in [-0.3, -0.25) is 9.88 Å². The standard InChI is InChI=1S/C26H25N5O2/c1-16(2)32-24-7-5-18(10-20(24)11-27)26-29-25(30-33-26)22-6-4-19(15-31-13-17(3)14-31)23-12-28-9-8-21(22)23/h4-10,12,16-17H,13-15H2,1-3H3. The van der Waals surface area contributed by atoms with Crippen molar-refractivity contribution in [1.82, 2.24) is 20.0 Å². The van der Waals surface area contributed by atoms with Gasteiger partial charge in [0.05, 0.1) is 11.7 Å². The van der Waals surface area contributed by atoms with Crippen molar-refractivity contribution in [2.24, 2.45) is 5.92 Å². The van der Waals surface area contributed by atoms with Crippen molar-refractivity contribution in [2.75, 3.05) is 13.1 Å². The average molecular weight is 440 g/mol. The lowest BCUT2D eigenvalue weighted by Gasteiger charge is -2.37. The smallest absolute Gasteiger partial charge is 0.258 e. The van der Waals surface area contributed by atoms with Gasteiger partial charge in [0.15, 0.2) is 0 Å². The summed E-state index contributed by atoms with van der Waals surface area (Å²) in [5.41, 5.74) is 3.25. The van der Waals surface area contributed by atoms with Gasteiger partial charge in [-0.1, -0.05) is 24.2 Å². The number of benzene rings is 2. The number of nitriles is 1. The van der Waals surface area contributed by atoms with Crippen LogP contribution < -0.4 is 4.74 Å². The lowest BCUT2D eigenvalue weighted by molar-refractivity contribution is 0.105. The van der Waals surface area contributed by atoms with Gasteiger partial charge < -0.3 is 9.26 Å². The van der Waals surface area contributed by atoms with Crippen LogP contribution in [-0.2, 0) is 6.54 Å². The summed E-state index contributed by atoms with van der Waals surface area (Å²) in [5, 5.41) is 15.9. The predicted octanol–water partition coefficient (Wildman–Crippen LogP) is 5.06. The molecule has 3 heterocycles. The quantitative estimate of drug-likeness (QED) is 0.415. The van der Waals surface area contributed by atoms with Gasteiger partial charge in [0.2, 0.25) is 5.82 Å². The highest BCUT2D eigenvalue weighted by Gasteiger charge is 2.23. The Labute approximate surface area is 192 Å². The summed E-state index contributed by atoms with van der Waals surface area (Å²) in [5.74, 6) is 2.17. The molecule has 0 aliphatic carbocycles. The minimum Gasteiger partial charge on any atom is -0.490 e. The van der Waals surface area contributed by atoms with E-state index in [4.69, 9.17) is 9.26 Å². The first kappa shape index (κ1) is 21.1. The average Bonchev–Trinajstić information content (AvgIpc) is 3.28. The normalized spacial score (nSPS) is 14.4. The monoisotopic (exact) mass is 439 g/mol. The summed E-state index contributed by atoms with van der Waals surface area (Å²) in [4.78, 5) is 11.4. The van der Waals surface area contributed by atoms with Crippen LogP contribution in [0, 0.1) is 17.2 Å². The van der Waals surface area contributed by atoms with Crippen molar-refractivity contribution in [3.8, 4) is 34.7 Å². The number of hydrogen-bond acceptors (Lipinski definition) is 7. The minimum absolute atomic E-state index is 0.0202. The molecule has 0 bridgehead atoms. The molecular formula is C26H25N5O2. The molecule has 1 aliphatic heterocycles. The van der Waals surface area contributed by atoms with Gasteiger partial charge in [0.1, 0.15) is 11.8 Å². The van der Waals surface area contributed by atoms with Gasteiger partial charge in [-0.2, -0.15) is 10.2 Å². The number of hydrogen-bond donors (Lipinski definition) is 0. The van der Waals surface area contributed by atoms with Gasteiger partial charge in [-0.15, -0.1) is 0 Å². The molecule has 33 heavy (non-hydrogen) atoms. The molecular weight excluding hydrogens is 414 g/mol. The van der Waals surface area contributed by atoms with E-state index in [1.54, 1.807) is 18.3 Å². The lowest BCUT2D eigenvalue weighted by Crippen LogP contribution is -2.44. The first-order valence-corrected chi connectivity index (χ1v) is 11.1. The molecule has 2 aromatic heterocycles. The molecule has 0 atom stereocenters. The molecule has 0 radical (unpaired) electrons. The first-order valence-electron chi connectivity index (χ1n) is 11.1. The van der Waals surface area contributed by atoms with E-state index in [0.29, 0.717) is 28.6 Å². The molecule has 4 aromatic rings. The van der Waals surface area contributed by atoms with E-state index in [9.17, 15) is 5.26 Å². The second-order valence-electron chi connectivity index (χ2n) is 8.91. The third-order valence-corrected chi connectivity index (χ3v) is 5.82. The van der Waals surface area contributed by atoms with Crippen LogP contribution in [-0.4, -0.2) is 39.2 Å². The molecule has 2 aromatic carbocycles. The van der Waals surface area contributed by atoms with E-state index in [2.05, 4.69) is 45.2 Å². The topological polar surface area (TPSA) is 88.1 Å². The Kier molecular flexibility index (Phi) is 5.53. The lowest BCUT2D eigenvalue weighted by atomic mass is 9.97. The molecule has 0 spiro atoms. The van der Waals surface area contributed by atoms with Gasteiger partial charge in [-0.05, 0) is 55.0 Å². The molecule has 166 valence electrons. The highest BCUT2D eigenvalue weighted by molar-refractivity contribution is 5.96. The molecule has 1 aliphatic rings. The number of fused-ring (bicyclic) bond motifs is 1. The van der Waals surface area contributed by atoms with E-state index in [-0.39, 0.29) is 6.10 Å². The molecule has 7 nitrogen and oxygen atoms in total. The first-order chi connectivity index (χ1) is 16.0. The highest BCUT2D eigenvalue weighted by atomic mass is 16.5. The maximum absolute atomic E-state index is 9.52. The van der Waals surface area contributed by atoms with Crippen LogP contribution in [0.15, 0.2) is 53.3 Å². The van der Waals surface area contributed by atoms with Crippen LogP contribution >= 0.6 is 0 Å². The number of likely N-dealkylation sites (tertiary alicyclic amines) is 1. The van der Waals surface area contributed by atoms with E-state index < -0.39 is 0 Å². The molecule has 0 N–H and O–H groups in total. The molecule has 5 rings (SSSR count). The van der Waals surface area contributed by atoms with Crippen LogP contribution in [0.3, 0.4) is 0 Å². The number of nitrogens with zero attached hydrogens (tertiary/aromatic N) is 5. The minimum atomic E-state index is -0.0202. The zero-order valence-corrected chi connectivity index (χ0v) is 18.9. The third kappa shape index (κ3) is 4.18. The molecule has 0 unspecified atom stereocenters. The Bertz CT molecular complexity index is 1350. The molecule has 1 fully saturated rings. The van der Waals surface area contributed by atoms with Crippen LogP contribution in [0.4, 0.5) is 0 Å².